The Bertz CT molecular complexity index is 403. The molecule has 1 aliphatic heterocycles. The van der Waals surface area contributed by atoms with Crippen molar-refractivity contribution in [2.75, 3.05) is 13.2 Å². The Morgan fingerprint density at radius 1 is 1.33 bits per heavy atom. The molecule has 0 bridgehead atoms. The van der Waals surface area contributed by atoms with E-state index in [1.165, 1.54) is 6.07 Å². The predicted octanol–water partition coefficient (Wildman–Crippen LogP) is 2.13. The summed E-state index contributed by atoms with van der Waals surface area (Å²) in [5.74, 6) is 0.532. The molecule has 1 heterocycles. The molecule has 1 aliphatic rings. The molecular weight excluding hydrogens is 264 g/mol. The number of aldehydes is 1. The summed E-state index contributed by atoms with van der Waals surface area (Å²) in [5.41, 5.74) is 0.372. The van der Waals surface area contributed by atoms with Gasteiger partial charge in [-0.2, -0.15) is 0 Å². The first-order valence-corrected chi connectivity index (χ1v) is 5.29. The molecule has 15 heavy (non-hydrogen) atoms. The molecule has 0 saturated heterocycles. The van der Waals surface area contributed by atoms with Crippen molar-refractivity contribution in [2.45, 2.75) is 6.42 Å². The summed E-state index contributed by atoms with van der Waals surface area (Å²) in [4.78, 5) is 10.8. The summed E-state index contributed by atoms with van der Waals surface area (Å²) in [7, 11) is 0. The highest BCUT2D eigenvalue weighted by Crippen LogP contribution is 2.44. The van der Waals surface area contributed by atoms with Crippen LogP contribution in [0.3, 0.4) is 0 Å². The lowest BCUT2D eigenvalue weighted by molar-refractivity contribution is 0.111. The normalized spacial score (nSPS) is 14.5. The Kier molecular flexibility index (Phi) is 2.81. The van der Waals surface area contributed by atoms with Gasteiger partial charge in [-0.3, -0.25) is 4.79 Å². The van der Waals surface area contributed by atoms with Crippen LogP contribution in [0.5, 0.6) is 17.2 Å². The third kappa shape index (κ3) is 1.79. The van der Waals surface area contributed by atoms with Crippen LogP contribution in [0.4, 0.5) is 0 Å². The zero-order valence-electron chi connectivity index (χ0n) is 7.83. The molecule has 0 amide bonds. The molecule has 80 valence electrons. The number of aromatic hydroxyl groups is 1. The maximum absolute atomic E-state index is 10.8. The summed E-state index contributed by atoms with van der Waals surface area (Å²) < 4.78 is 11.1. The third-order valence-corrected chi connectivity index (χ3v) is 2.70. The van der Waals surface area contributed by atoms with Gasteiger partial charge in [-0.1, -0.05) is 0 Å². The number of benzene rings is 1. The Hall–Kier alpha value is -1.23. The summed E-state index contributed by atoms with van der Waals surface area (Å²) in [5, 5.41) is 9.72. The number of carbonyl (C=O) groups excluding carboxylic acids is 1. The van der Waals surface area contributed by atoms with Gasteiger partial charge in [0.25, 0.3) is 0 Å². The Balaban J connectivity index is 2.62. The fourth-order valence-corrected chi connectivity index (χ4v) is 1.82. The second kappa shape index (κ2) is 4.10. The van der Waals surface area contributed by atoms with Crippen molar-refractivity contribution < 1.29 is 19.4 Å². The molecule has 0 spiro atoms. The van der Waals surface area contributed by atoms with Gasteiger partial charge in [0.15, 0.2) is 17.8 Å². The number of phenolic OH excluding ortho intramolecular Hbond substituents is 1. The van der Waals surface area contributed by atoms with Crippen molar-refractivity contribution in [1.82, 2.24) is 0 Å². The highest BCUT2D eigenvalue weighted by Gasteiger charge is 2.21. The summed E-state index contributed by atoms with van der Waals surface area (Å²) in [6, 6.07) is 1.51. The number of halogens is 1. The SMILES string of the molecule is O=Cc1cc(Br)c(O)c2c1OCCCO2. The molecule has 5 heteroatoms. The van der Waals surface area contributed by atoms with Crippen LogP contribution in [-0.4, -0.2) is 24.6 Å². The fraction of sp³-hybridized carbons (Fsp3) is 0.300. The first kappa shape index (κ1) is 10.3. The molecule has 0 unspecified atom stereocenters. The van der Waals surface area contributed by atoms with E-state index in [4.69, 9.17) is 9.47 Å². The summed E-state index contributed by atoms with van der Waals surface area (Å²) >= 11 is 3.15. The lowest BCUT2D eigenvalue weighted by atomic mass is 10.2. The molecule has 2 rings (SSSR count). The average Bonchev–Trinajstić information content (AvgIpc) is 2.49. The standard InChI is InChI=1S/C10H9BrO4/c11-7-4-6(5-12)9-10(8(7)13)15-3-1-2-14-9/h4-5,13H,1-3H2. The molecule has 1 N–H and O–H groups in total. The number of hydrogen-bond donors (Lipinski definition) is 1. The molecule has 1 aromatic carbocycles. The number of rotatable bonds is 1. The minimum atomic E-state index is -0.0301. The smallest absolute Gasteiger partial charge is 0.205 e. The van der Waals surface area contributed by atoms with Crippen LogP contribution >= 0.6 is 15.9 Å². The Morgan fingerprint density at radius 3 is 2.67 bits per heavy atom. The molecule has 0 atom stereocenters. The van der Waals surface area contributed by atoms with E-state index in [9.17, 15) is 9.90 Å². The van der Waals surface area contributed by atoms with Crippen molar-refractivity contribution in [3.8, 4) is 17.2 Å². The lowest BCUT2D eigenvalue weighted by Gasteiger charge is -2.11. The average molecular weight is 273 g/mol. The Labute approximate surface area is 94.9 Å². The van der Waals surface area contributed by atoms with E-state index in [2.05, 4.69) is 15.9 Å². The maximum atomic E-state index is 10.8. The van der Waals surface area contributed by atoms with Crippen LogP contribution in [-0.2, 0) is 0 Å². The van der Waals surface area contributed by atoms with E-state index < -0.39 is 0 Å². The molecule has 0 aromatic heterocycles. The van der Waals surface area contributed by atoms with E-state index in [-0.39, 0.29) is 11.5 Å². The van der Waals surface area contributed by atoms with Gasteiger partial charge < -0.3 is 14.6 Å². The molecule has 0 saturated carbocycles. The first-order valence-electron chi connectivity index (χ1n) is 4.50. The second-order valence-corrected chi connectivity index (χ2v) is 3.98. The zero-order valence-corrected chi connectivity index (χ0v) is 9.41. The number of carbonyl (C=O) groups is 1. The van der Waals surface area contributed by atoms with Gasteiger partial charge in [-0.05, 0) is 22.0 Å². The third-order valence-electron chi connectivity index (χ3n) is 2.10. The number of phenols is 1. The maximum Gasteiger partial charge on any atom is 0.205 e. The minimum Gasteiger partial charge on any atom is -0.503 e. The van der Waals surface area contributed by atoms with Gasteiger partial charge >= 0.3 is 0 Å². The zero-order chi connectivity index (χ0) is 10.8. The second-order valence-electron chi connectivity index (χ2n) is 3.12. The number of hydrogen-bond acceptors (Lipinski definition) is 4. The van der Waals surface area contributed by atoms with E-state index in [0.717, 1.165) is 6.42 Å². The van der Waals surface area contributed by atoms with Gasteiger partial charge in [0.1, 0.15) is 0 Å². The predicted molar refractivity (Wildman–Crippen MR) is 56.8 cm³/mol. The molecule has 1 aromatic rings. The van der Waals surface area contributed by atoms with Crippen molar-refractivity contribution in [1.29, 1.82) is 0 Å². The van der Waals surface area contributed by atoms with Gasteiger partial charge in [-0.25, -0.2) is 0 Å². The van der Waals surface area contributed by atoms with Crippen LogP contribution in [0.2, 0.25) is 0 Å². The molecule has 0 aliphatic carbocycles. The van der Waals surface area contributed by atoms with Gasteiger partial charge in [0, 0.05) is 6.42 Å². The summed E-state index contributed by atoms with van der Waals surface area (Å²) in [6.45, 7) is 0.949. The van der Waals surface area contributed by atoms with Crippen molar-refractivity contribution in [3.05, 3.63) is 16.1 Å². The van der Waals surface area contributed by atoms with Gasteiger partial charge in [0.05, 0.1) is 23.2 Å². The summed E-state index contributed by atoms with van der Waals surface area (Å²) in [6.07, 6.45) is 1.40. The van der Waals surface area contributed by atoms with E-state index in [0.29, 0.717) is 35.3 Å². The highest BCUT2D eigenvalue weighted by molar-refractivity contribution is 9.10. The molecule has 4 nitrogen and oxygen atoms in total. The number of fused-ring (bicyclic) bond motifs is 1. The van der Waals surface area contributed by atoms with Crippen molar-refractivity contribution in [2.24, 2.45) is 0 Å². The molecular formula is C10H9BrO4. The minimum absolute atomic E-state index is 0.0301. The van der Waals surface area contributed by atoms with Crippen LogP contribution in [0.25, 0.3) is 0 Å². The topological polar surface area (TPSA) is 55.8 Å². The van der Waals surface area contributed by atoms with E-state index >= 15 is 0 Å². The fourth-order valence-electron chi connectivity index (χ4n) is 1.40. The number of ether oxygens (including phenoxy) is 2. The molecule has 0 radical (unpaired) electrons. The monoisotopic (exact) mass is 272 g/mol. The Morgan fingerprint density at radius 2 is 2.00 bits per heavy atom. The van der Waals surface area contributed by atoms with E-state index in [1.54, 1.807) is 0 Å². The van der Waals surface area contributed by atoms with Gasteiger partial charge in [0.2, 0.25) is 5.75 Å². The van der Waals surface area contributed by atoms with Crippen molar-refractivity contribution >= 4 is 22.2 Å². The van der Waals surface area contributed by atoms with Crippen LogP contribution in [0.15, 0.2) is 10.5 Å². The lowest BCUT2D eigenvalue weighted by Crippen LogP contribution is -1.98. The highest BCUT2D eigenvalue weighted by atomic mass is 79.9. The molecule has 0 fully saturated rings. The van der Waals surface area contributed by atoms with Gasteiger partial charge in [-0.15, -0.1) is 0 Å². The first-order chi connectivity index (χ1) is 7.24. The quantitative estimate of drug-likeness (QED) is 0.796. The van der Waals surface area contributed by atoms with E-state index in [1.807, 2.05) is 0 Å². The van der Waals surface area contributed by atoms with Crippen molar-refractivity contribution in [3.63, 3.8) is 0 Å². The largest absolute Gasteiger partial charge is 0.503 e. The van der Waals surface area contributed by atoms with Crippen LogP contribution in [0, 0.1) is 0 Å². The van der Waals surface area contributed by atoms with Crippen LogP contribution < -0.4 is 9.47 Å². The van der Waals surface area contributed by atoms with Crippen LogP contribution in [0.1, 0.15) is 16.8 Å².